The molecule has 3 aromatic heterocycles. The summed E-state index contributed by atoms with van der Waals surface area (Å²) in [5.41, 5.74) is 1.18. The summed E-state index contributed by atoms with van der Waals surface area (Å²) < 4.78 is 18.8. The second-order valence-corrected chi connectivity index (χ2v) is 9.12. The Morgan fingerprint density at radius 2 is 2.09 bits per heavy atom. The van der Waals surface area contributed by atoms with Crippen molar-refractivity contribution in [3.05, 3.63) is 23.0 Å². The molecule has 2 atom stereocenters. The molecule has 0 amide bonds. The number of methoxy groups -OCH3 is 1. The average Bonchev–Trinajstić information content (AvgIpc) is 3.44. The number of halogens is 1. The standard InChI is InChI=1S/C23H28ClN5O4/c1-14-8-9-16(33-14)21-26-20(24)19-22(27-21)29(17-7-3-4-11-32-17)23(25-19)28-10-5-6-15(13-28)12-18(30)31-2/h8-9,15,17H,3-7,10-13H2,1-2H3. The number of ether oxygens (including phenoxy) is 2. The van der Waals surface area contributed by atoms with Crippen molar-refractivity contribution in [1.29, 1.82) is 0 Å². The number of aromatic nitrogens is 4. The molecule has 2 fully saturated rings. The van der Waals surface area contributed by atoms with Gasteiger partial charge in [-0.05, 0) is 57.1 Å². The maximum absolute atomic E-state index is 11.9. The number of nitrogens with zero attached hydrogens (tertiary/aromatic N) is 5. The van der Waals surface area contributed by atoms with Crippen molar-refractivity contribution in [2.45, 2.75) is 51.7 Å². The molecule has 0 saturated carbocycles. The van der Waals surface area contributed by atoms with Crippen molar-refractivity contribution in [3.8, 4) is 11.6 Å². The number of aryl methyl sites for hydroxylation is 1. The van der Waals surface area contributed by atoms with Crippen LogP contribution in [0, 0.1) is 12.8 Å². The monoisotopic (exact) mass is 473 g/mol. The number of carbonyl (C=O) groups is 1. The Morgan fingerprint density at radius 3 is 2.82 bits per heavy atom. The number of carbonyl (C=O) groups excluding carboxylic acids is 1. The van der Waals surface area contributed by atoms with Crippen molar-refractivity contribution < 1.29 is 18.7 Å². The van der Waals surface area contributed by atoms with Gasteiger partial charge in [-0.2, -0.15) is 0 Å². The Balaban J connectivity index is 1.58. The number of hydrogen-bond acceptors (Lipinski definition) is 8. The average molecular weight is 474 g/mol. The summed E-state index contributed by atoms with van der Waals surface area (Å²) in [6.07, 6.45) is 5.14. The van der Waals surface area contributed by atoms with Gasteiger partial charge in [-0.25, -0.2) is 15.0 Å². The lowest BCUT2D eigenvalue weighted by Gasteiger charge is -2.35. The minimum absolute atomic E-state index is 0.182. The zero-order valence-corrected chi connectivity index (χ0v) is 19.7. The quantitative estimate of drug-likeness (QED) is 0.394. The van der Waals surface area contributed by atoms with E-state index in [1.807, 2.05) is 19.1 Å². The van der Waals surface area contributed by atoms with E-state index in [2.05, 4.69) is 14.5 Å². The first kappa shape index (κ1) is 22.2. The number of hydrogen-bond donors (Lipinski definition) is 0. The number of rotatable bonds is 5. The van der Waals surface area contributed by atoms with Gasteiger partial charge in [-0.3, -0.25) is 9.36 Å². The van der Waals surface area contributed by atoms with Crippen LogP contribution in [0.4, 0.5) is 5.95 Å². The van der Waals surface area contributed by atoms with Crippen LogP contribution in [0.5, 0.6) is 0 Å². The summed E-state index contributed by atoms with van der Waals surface area (Å²) in [6, 6.07) is 3.71. The van der Waals surface area contributed by atoms with Crippen LogP contribution in [0.25, 0.3) is 22.7 Å². The Kier molecular flexibility index (Phi) is 6.25. The summed E-state index contributed by atoms with van der Waals surface area (Å²) in [7, 11) is 1.43. The SMILES string of the molecule is COC(=O)CC1CCCN(c2nc3c(Cl)nc(-c4ccc(C)o4)nc3n2C2CCCCO2)C1. The molecule has 5 heterocycles. The molecule has 33 heavy (non-hydrogen) atoms. The highest BCUT2D eigenvalue weighted by Crippen LogP contribution is 2.36. The van der Waals surface area contributed by atoms with E-state index in [1.54, 1.807) is 0 Å². The zero-order chi connectivity index (χ0) is 22.9. The van der Waals surface area contributed by atoms with Gasteiger partial charge in [0.2, 0.25) is 5.95 Å². The Labute approximate surface area is 197 Å². The van der Waals surface area contributed by atoms with Gasteiger partial charge < -0.3 is 18.8 Å². The smallest absolute Gasteiger partial charge is 0.305 e. The largest absolute Gasteiger partial charge is 0.469 e. The third kappa shape index (κ3) is 4.44. The topological polar surface area (TPSA) is 95.5 Å². The van der Waals surface area contributed by atoms with Crippen LogP contribution < -0.4 is 4.90 Å². The molecule has 9 nitrogen and oxygen atoms in total. The maximum atomic E-state index is 11.9. The van der Waals surface area contributed by atoms with Crippen LogP contribution in [0.1, 0.15) is 50.5 Å². The van der Waals surface area contributed by atoms with Crippen molar-refractivity contribution in [3.63, 3.8) is 0 Å². The minimum atomic E-state index is -0.183. The van der Waals surface area contributed by atoms with E-state index in [1.165, 1.54) is 7.11 Å². The first-order valence-electron chi connectivity index (χ1n) is 11.5. The molecule has 5 rings (SSSR count). The zero-order valence-electron chi connectivity index (χ0n) is 18.9. The highest BCUT2D eigenvalue weighted by atomic mass is 35.5. The summed E-state index contributed by atoms with van der Waals surface area (Å²) in [5.74, 6) is 2.54. The number of esters is 1. The Morgan fingerprint density at radius 1 is 1.21 bits per heavy atom. The molecule has 2 aliphatic heterocycles. The highest BCUT2D eigenvalue weighted by molar-refractivity contribution is 6.33. The van der Waals surface area contributed by atoms with Gasteiger partial charge in [0.05, 0.1) is 7.11 Å². The first-order chi connectivity index (χ1) is 16.0. The lowest BCUT2D eigenvalue weighted by atomic mass is 9.95. The van der Waals surface area contributed by atoms with Crippen LogP contribution in [-0.2, 0) is 14.3 Å². The minimum Gasteiger partial charge on any atom is -0.469 e. The molecular formula is C23H28ClN5O4. The molecule has 3 aromatic rings. The Hall–Kier alpha value is -2.65. The summed E-state index contributed by atoms with van der Waals surface area (Å²) in [4.78, 5) is 28.3. The second-order valence-electron chi connectivity index (χ2n) is 8.76. The number of fused-ring (bicyclic) bond motifs is 1. The van der Waals surface area contributed by atoms with Crippen molar-refractivity contribution >= 4 is 34.7 Å². The highest BCUT2D eigenvalue weighted by Gasteiger charge is 2.31. The fourth-order valence-corrected chi connectivity index (χ4v) is 4.95. The molecule has 176 valence electrons. The van der Waals surface area contributed by atoms with E-state index in [-0.39, 0.29) is 23.3 Å². The van der Waals surface area contributed by atoms with E-state index in [0.717, 1.165) is 50.4 Å². The fraction of sp³-hybridized carbons (Fsp3) is 0.565. The third-order valence-electron chi connectivity index (χ3n) is 6.37. The molecular weight excluding hydrogens is 446 g/mol. The third-order valence-corrected chi connectivity index (χ3v) is 6.63. The predicted octanol–water partition coefficient (Wildman–Crippen LogP) is 4.53. The van der Waals surface area contributed by atoms with E-state index in [9.17, 15) is 4.79 Å². The van der Waals surface area contributed by atoms with Crippen molar-refractivity contribution in [2.24, 2.45) is 5.92 Å². The summed E-state index contributed by atoms with van der Waals surface area (Å²) in [6.45, 7) is 4.12. The number of anilines is 1. The number of piperidine rings is 1. The van der Waals surface area contributed by atoms with E-state index in [0.29, 0.717) is 42.3 Å². The lowest BCUT2D eigenvalue weighted by molar-refractivity contribution is -0.141. The molecule has 0 N–H and O–H groups in total. The van der Waals surface area contributed by atoms with Gasteiger partial charge in [-0.15, -0.1) is 0 Å². The first-order valence-corrected chi connectivity index (χ1v) is 11.9. The molecule has 2 unspecified atom stereocenters. The predicted molar refractivity (Wildman–Crippen MR) is 123 cm³/mol. The normalized spacial score (nSPS) is 21.5. The molecule has 0 aromatic carbocycles. The molecule has 0 bridgehead atoms. The van der Waals surface area contributed by atoms with Gasteiger partial charge in [-0.1, -0.05) is 11.6 Å². The van der Waals surface area contributed by atoms with Crippen LogP contribution >= 0.6 is 11.6 Å². The van der Waals surface area contributed by atoms with Gasteiger partial charge in [0.25, 0.3) is 0 Å². The van der Waals surface area contributed by atoms with Crippen LogP contribution in [0.15, 0.2) is 16.5 Å². The van der Waals surface area contributed by atoms with Crippen LogP contribution in [0.2, 0.25) is 5.15 Å². The van der Waals surface area contributed by atoms with Gasteiger partial charge in [0.1, 0.15) is 17.5 Å². The molecule has 0 aliphatic carbocycles. The van der Waals surface area contributed by atoms with Gasteiger partial charge in [0, 0.05) is 26.1 Å². The summed E-state index contributed by atoms with van der Waals surface area (Å²) in [5, 5.41) is 0.281. The summed E-state index contributed by atoms with van der Waals surface area (Å²) >= 11 is 6.61. The second kappa shape index (κ2) is 9.30. The van der Waals surface area contributed by atoms with Crippen molar-refractivity contribution in [2.75, 3.05) is 31.7 Å². The van der Waals surface area contributed by atoms with Gasteiger partial charge in [0.15, 0.2) is 22.4 Å². The Bertz CT molecular complexity index is 1150. The van der Waals surface area contributed by atoms with E-state index >= 15 is 0 Å². The molecule has 0 radical (unpaired) electrons. The van der Waals surface area contributed by atoms with Gasteiger partial charge >= 0.3 is 5.97 Å². The number of imidazole rings is 1. The maximum Gasteiger partial charge on any atom is 0.305 e. The van der Waals surface area contributed by atoms with Crippen molar-refractivity contribution in [1.82, 2.24) is 19.5 Å². The molecule has 2 aliphatic rings. The number of furan rings is 1. The molecule has 10 heteroatoms. The van der Waals surface area contributed by atoms with Crippen LogP contribution in [0.3, 0.4) is 0 Å². The van der Waals surface area contributed by atoms with Crippen LogP contribution in [-0.4, -0.2) is 52.3 Å². The molecule has 0 spiro atoms. The van der Waals surface area contributed by atoms with E-state index < -0.39 is 0 Å². The lowest BCUT2D eigenvalue weighted by Crippen LogP contribution is -2.38. The van der Waals surface area contributed by atoms with E-state index in [4.69, 9.17) is 35.5 Å². The molecule has 2 saturated heterocycles. The fourth-order valence-electron chi connectivity index (χ4n) is 4.74.